The third-order valence-electron chi connectivity index (χ3n) is 5.29. The van der Waals surface area contributed by atoms with Gasteiger partial charge in [0.25, 0.3) is 0 Å². The summed E-state index contributed by atoms with van der Waals surface area (Å²) in [5.41, 5.74) is 2.60. The third kappa shape index (κ3) is 4.60. The minimum absolute atomic E-state index is 0.0287. The summed E-state index contributed by atoms with van der Waals surface area (Å²) in [7, 11) is 3.93. The summed E-state index contributed by atoms with van der Waals surface area (Å²) < 4.78 is 5.80. The molecule has 2 saturated heterocycles. The van der Waals surface area contributed by atoms with Crippen LogP contribution >= 0.6 is 0 Å². The molecule has 1 aromatic carbocycles. The zero-order valence-electron chi connectivity index (χ0n) is 15.9. The average Bonchev–Trinajstić information content (AvgIpc) is 2.88. The largest absolute Gasteiger partial charge is 0.373 e. The number of likely N-dealkylation sites (N-methyl/N-ethyl adjacent to an activating group) is 2. The fraction of sp³-hybridized carbons (Fsp3) is 0.650. The van der Waals surface area contributed by atoms with Gasteiger partial charge in [0.1, 0.15) is 0 Å². The van der Waals surface area contributed by atoms with Crippen molar-refractivity contribution in [2.24, 2.45) is 0 Å². The summed E-state index contributed by atoms with van der Waals surface area (Å²) in [6, 6.07) is 8.86. The topological polar surface area (TPSA) is 36.0 Å². The molecule has 5 heteroatoms. The first-order chi connectivity index (χ1) is 11.9. The van der Waals surface area contributed by atoms with E-state index in [9.17, 15) is 4.79 Å². The first-order valence-electron chi connectivity index (χ1n) is 9.33. The van der Waals surface area contributed by atoms with Crippen molar-refractivity contribution in [3.8, 4) is 0 Å². The van der Waals surface area contributed by atoms with E-state index in [4.69, 9.17) is 4.74 Å². The van der Waals surface area contributed by atoms with Crippen molar-refractivity contribution in [3.05, 3.63) is 35.4 Å². The van der Waals surface area contributed by atoms with Gasteiger partial charge in [0, 0.05) is 39.8 Å². The normalized spacial score (nSPS) is 28.1. The molecule has 0 aromatic heterocycles. The second kappa shape index (κ2) is 7.85. The Kier molecular flexibility index (Phi) is 5.77. The lowest BCUT2D eigenvalue weighted by atomic mass is 10.1. The molecule has 0 aliphatic carbocycles. The van der Waals surface area contributed by atoms with E-state index in [-0.39, 0.29) is 11.9 Å². The van der Waals surface area contributed by atoms with Gasteiger partial charge in [-0.05, 0) is 38.4 Å². The van der Waals surface area contributed by atoms with E-state index < -0.39 is 0 Å². The highest BCUT2D eigenvalue weighted by atomic mass is 16.5. The van der Waals surface area contributed by atoms with Crippen molar-refractivity contribution in [2.75, 3.05) is 33.7 Å². The molecule has 2 fully saturated rings. The van der Waals surface area contributed by atoms with Crippen LogP contribution in [-0.4, -0.2) is 72.6 Å². The molecular weight excluding hydrogens is 314 g/mol. The van der Waals surface area contributed by atoms with Crippen LogP contribution in [0.25, 0.3) is 0 Å². The van der Waals surface area contributed by atoms with Crippen molar-refractivity contribution in [2.45, 2.75) is 51.6 Å². The molecule has 1 aromatic rings. The minimum atomic E-state index is 0.0287. The maximum atomic E-state index is 12.1. The van der Waals surface area contributed by atoms with Gasteiger partial charge in [-0.25, -0.2) is 0 Å². The molecule has 0 unspecified atom stereocenters. The number of likely N-dealkylation sites (tertiary alicyclic amines) is 1. The second-order valence-electron chi connectivity index (χ2n) is 7.75. The van der Waals surface area contributed by atoms with Crippen molar-refractivity contribution in [3.63, 3.8) is 0 Å². The molecule has 0 bridgehead atoms. The van der Waals surface area contributed by atoms with Crippen LogP contribution in [0.5, 0.6) is 0 Å². The van der Waals surface area contributed by atoms with Crippen LogP contribution in [0.4, 0.5) is 0 Å². The van der Waals surface area contributed by atoms with Gasteiger partial charge in [-0.15, -0.1) is 0 Å². The monoisotopic (exact) mass is 345 g/mol. The fourth-order valence-corrected chi connectivity index (χ4v) is 4.03. The predicted octanol–water partition coefficient (Wildman–Crippen LogP) is 1.96. The molecule has 5 nitrogen and oxygen atoms in total. The lowest BCUT2D eigenvalue weighted by molar-refractivity contribution is -0.130. The Balaban J connectivity index is 1.54. The summed E-state index contributed by atoms with van der Waals surface area (Å²) in [5.74, 6) is 0.245. The standard InChI is InChI=1S/C20H31N3O2/c1-15-11-23(12-16(2)25-15)14-18-7-5-17(6-8-18)13-22(4)19-9-10-21(3)20(19)24/h5-8,15-16,19H,9-14H2,1-4H3/t15-,16+,19-/m0/s1. The number of morpholine rings is 1. The van der Waals surface area contributed by atoms with Gasteiger partial charge in [-0.1, -0.05) is 24.3 Å². The van der Waals surface area contributed by atoms with Crippen molar-refractivity contribution in [1.29, 1.82) is 0 Å². The summed E-state index contributed by atoms with van der Waals surface area (Å²) in [5, 5.41) is 0. The molecule has 2 aliphatic heterocycles. The number of hydrogen-bond donors (Lipinski definition) is 0. The zero-order chi connectivity index (χ0) is 18.0. The van der Waals surface area contributed by atoms with Crippen molar-refractivity contribution in [1.82, 2.24) is 14.7 Å². The van der Waals surface area contributed by atoms with Gasteiger partial charge >= 0.3 is 0 Å². The first-order valence-corrected chi connectivity index (χ1v) is 9.33. The molecule has 138 valence electrons. The summed E-state index contributed by atoms with van der Waals surface area (Å²) >= 11 is 0. The third-order valence-corrected chi connectivity index (χ3v) is 5.29. The molecule has 0 saturated carbocycles. The summed E-state index contributed by atoms with van der Waals surface area (Å²) in [4.78, 5) is 18.6. The maximum Gasteiger partial charge on any atom is 0.239 e. The highest BCUT2D eigenvalue weighted by Gasteiger charge is 2.32. The number of carbonyl (C=O) groups is 1. The first kappa shape index (κ1) is 18.4. The molecule has 3 atom stereocenters. The van der Waals surface area contributed by atoms with E-state index in [2.05, 4.69) is 47.9 Å². The Morgan fingerprint density at radius 1 is 1.12 bits per heavy atom. The molecule has 2 heterocycles. The van der Waals surface area contributed by atoms with Crippen LogP contribution in [0.15, 0.2) is 24.3 Å². The Bertz CT molecular complexity index is 579. The minimum Gasteiger partial charge on any atom is -0.373 e. The van der Waals surface area contributed by atoms with Crippen LogP contribution in [0.2, 0.25) is 0 Å². The van der Waals surface area contributed by atoms with Crippen LogP contribution in [0.3, 0.4) is 0 Å². The Hall–Kier alpha value is -1.43. The average molecular weight is 345 g/mol. The fourth-order valence-electron chi connectivity index (χ4n) is 4.03. The predicted molar refractivity (Wildman–Crippen MR) is 99.2 cm³/mol. The number of amides is 1. The van der Waals surface area contributed by atoms with Crippen molar-refractivity contribution < 1.29 is 9.53 Å². The second-order valence-corrected chi connectivity index (χ2v) is 7.75. The lowest BCUT2D eigenvalue weighted by Gasteiger charge is -2.35. The number of nitrogens with zero attached hydrogens (tertiary/aromatic N) is 3. The van der Waals surface area contributed by atoms with Gasteiger partial charge in [0.15, 0.2) is 0 Å². The van der Waals surface area contributed by atoms with Crippen LogP contribution in [-0.2, 0) is 22.6 Å². The quantitative estimate of drug-likeness (QED) is 0.817. The van der Waals surface area contributed by atoms with Crippen molar-refractivity contribution >= 4 is 5.91 Å². The lowest BCUT2D eigenvalue weighted by Crippen LogP contribution is -2.44. The number of ether oxygens (including phenoxy) is 1. The van der Waals surface area contributed by atoms with Gasteiger partial charge in [0.2, 0.25) is 5.91 Å². The molecule has 1 amide bonds. The Labute approximate surface area is 151 Å². The van der Waals surface area contributed by atoms with E-state index in [1.807, 2.05) is 19.0 Å². The smallest absolute Gasteiger partial charge is 0.239 e. The highest BCUT2D eigenvalue weighted by molar-refractivity contribution is 5.83. The summed E-state index contributed by atoms with van der Waals surface area (Å²) in [6.07, 6.45) is 1.54. The van der Waals surface area contributed by atoms with Crippen LogP contribution < -0.4 is 0 Å². The van der Waals surface area contributed by atoms with E-state index in [1.54, 1.807) is 0 Å². The van der Waals surface area contributed by atoms with Gasteiger partial charge in [0.05, 0.1) is 18.2 Å². The number of carbonyl (C=O) groups excluding carboxylic acids is 1. The van der Waals surface area contributed by atoms with Gasteiger partial charge in [-0.2, -0.15) is 0 Å². The van der Waals surface area contributed by atoms with E-state index in [0.717, 1.165) is 39.1 Å². The molecule has 0 spiro atoms. The molecule has 0 N–H and O–H groups in total. The van der Waals surface area contributed by atoms with E-state index in [1.165, 1.54) is 11.1 Å². The Morgan fingerprint density at radius 2 is 1.72 bits per heavy atom. The molecule has 2 aliphatic rings. The molecular formula is C20H31N3O2. The zero-order valence-corrected chi connectivity index (χ0v) is 15.9. The van der Waals surface area contributed by atoms with Gasteiger partial charge < -0.3 is 9.64 Å². The van der Waals surface area contributed by atoms with Gasteiger partial charge in [-0.3, -0.25) is 14.6 Å². The van der Waals surface area contributed by atoms with E-state index >= 15 is 0 Å². The molecule has 3 rings (SSSR count). The SMILES string of the molecule is C[C@@H]1CN(Cc2ccc(CN(C)[C@H]3CCN(C)C3=O)cc2)C[C@H](C)O1. The molecule has 25 heavy (non-hydrogen) atoms. The molecule has 0 radical (unpaired) electrons. The Morgan fingerprint density at radius 3 is 2.28 bits per heavy atom. The highest BCUT2D eigenvalue weighted by Crippen LogP contribution is 2.18. The number of rotatable bonds is 5. The summed E-state index contributed by atoms with van der Waals surface area (Å²) in [6.45, 7) is 8.92. The number of benzene rings is 1. The maximum absolute atomic E-state index is 12.1. The van der Waals surface area contributed by atoms with Crippen LogP contribution in [0, 0.1) is 0 Å². The van der Waals surface area contributed by atoms with E-state index in [0.29, 0.717) is 12.2 Å². The van der Waals surface area contributed by atoms with Crippen LogP contribution in [0.1, 0.15) is 31.4 Å². The number of hydrogen-bond acceptors (Lipinski definition) is 4.